The van der Waals surface area contributed by atoms with E-state index < -0.39 is 6.04 Å². The van der Waals surface area contributed by atoms with Gasteiger partial charge in [-0.05, 0) is 37.5 Å². The number of ether oxygens (including phenoxy) is 1. The van der Waals surface area contributed by atoms with Crippen LogP contribution in [0.5, 0.6) is 5.75 Å². The number of nitriles is 1. The van der Waals surface area contributed by atoms with Crippen LogP contribution in [0.3, 0.4) is 0 Å². The van der Waals surface area contributed by atoms with Crippen molar-refractivity contribution in [3.05, 3.63) is 26.7 Å². The maximum Gasteiger partial charge on any atom is 0.128 e. The number of methoxy groups -OCH3 is 1. The molecular weight excluding hydrogens is 268 g/mol. The van der Waals surface area contributed by atoms with Crippen molar-refractivity contribution >= 4 is 15.9 Å². The van der Waals surface area contributed by atoms with Crippen molar-refractivity contribution < 1.29 is 4.74 Å². The lowest BCUT2D eigenvalue weighted by Gasteiger charge is -2.19. The highest BCUT2D eigenvalue weighted by Crippen LogP contribution is 2.38. The third kappa shape index (κ3) is 1.93. The van der Waals surface area contributed by atoms with E-state index in [0.29, 0.717) is 5.75 Å². The van der Waals surface area contributed by atoms with E-state index in [2.05, 4.69) is 15.9 Å². The van der Waals surface area contributed by atoms with E-state index in [4.69, 9.17) is 15.7 Å². The molecule has 1 aromatic carbocycles. The molecule has 3 nitrogen and oxygen atoms in total. The summed E-state index contributed by atoms with van der Waals surface area (Å²) >= 11 is 3.52. The predicted octanol–water partition coefficient (Wildman–Crippen LogP) is 2.91. The molecule has 0 radical (unpaired) electrons. The molecule has 0 saturated heterocycles. The molecule has 0 aliphatic heterocycles. The highest BCUT2D eigenvalue weighted by Gasteiger charge is 2.20. The number of hydrogen-bond donors (Lipinski definition) is 1. The van der Waals surface area contributed by atoms with Crippen molar-refractivity contribution in [1.82, 2.24) is 0 Å². The maximum atomic E-state index is 8.94. The number of hydrogen-bond acceptors (Lipinski definition) is 3. The fourth-order valence-corrected chi connectivity index (χ4v) is 2.32. The first-order valence-electron chi connectivity index (χ1n) is 4.94. The number of rotatable bonds is 2. The van der Waals surface area contributed by atoms with Gasteiger partial charge in [-0.2, -0.15) is 5.26 Å². The van der Waals surface area contributed by atoms with Gasteiger partial charge in [-0.15, -0.1) is 0 Å². The Hall–Kier alpha value is -1.05. The quantitative estimate of drug-likeness (QED) is 0.907. The fraction of sp³-hybridized carbons (Fsp3) is 0.417. The molecule has 16 heavy (non-hydrogen) atoms. The second-order valence-electron chi connectivity index (χ2n) is 3.74. The topological polar surface area (TPSA) is 59.0 Å². The molecule has 0 spiro atoms. The Kier molecular flexibility index (Phi) is 3.95. The van der Waals surface area contributed by atoms with Crippen molar-refractivity contribution in [1.29, 1.82) is 5.26 Å². The average molecular weight is 283 g/mol. The predicted molar refractivity (Wildman–Crippen MR) is 67.4 cm³/mol. The lowest BCUT2D eigenvalue weighted by molar-refractivity contribution is 0.404. The zero-order valence-corrected chi connectivity index (χ0v) is 11.5. The van der Waals surface area contributed by atoms with E-state index in [1.807, 2.05) is 26.8 Å². The summed E-state index contributed by atoms with van der Waals surface area (Å²) in [5, 5.41) is 8.94. The Morgan fingerprint density at radius 2 is 1.81 bits per heavy atom. The second-order valence-corrected chi connectivity index (χ2v) is 4.54. The van der Waals surface area contributed by atoms with Crippen LogP contribution in [0, 0.1) is 32.1 Å². The van der Waals surface area contributed by atoms with Gasteiger partial charge in [0.05, 0.1) is 13.2 Å². The smallest absolute Gasteiger partial charge is 0.128 e. The molecule has 1 rings (SSSR count). The van der Waals surface area contributed by atoms with Crippen LogP contribution in [0.1, 0.15) is 28.3 Å². The molecule has 0 saturated carbocycles. The van der Waals surface area contributed by atoms with Gasteiger partial charge in [0.2, 0.25) is 0 Å². The average Bonchev–Trinajstić information content (AvgIpc) is 2.29. The Bertz CT molecular complexity index is 463. The number of halogens is 1. The van der Waals surface area contributed by atoms with E-state index in [9.17, 15) is 0 Å². The molecule has 4 heteroatoms. The van der Waals surface area contributed by atoms with E-state index in [-0.39, 0.29) is 0 Å². The van der Waals surface area contributed by atoms with Gasteiger partial charge in [0.1, 0.15) is 11.8 Å². The third-order valence-electron chi connectivity index (χ3n) is 2.86. The molecule has 2 N–H and O–H groups in total. The Labute approximate surface area is 104 Å². The number of nitrogens with two attached hydrogens (primary N) is 1. The zero-order valence-electron chi connectivity index (χ0n) is 9.89. The van der Waals surface area contributed by atoms with Gasteiger partial charge in [-0.1, -0.05) is 15.9 Å². The van der Waals surface area contributed by atoms with E-state index in [1.54, 1.807) is 7.11 Å². The third-order valence-corrected chi connectivity index (χ3v) is 4.05. The van der Waals surface area contributed by atoms with Crippen molar-refractivity contribution in [3.8, 4) is 11.8 Å². The lowest BCUT2D eigenvalue weighted by atomic mass is 9.95. The summed E-state index contributed by atoms with van der Waals surface area (Å²) in [6.45, 7) is 5.91. The first kappa shape index (κ1) is 13.0. The van der Waals surface area contributed by atoms with Crippen LogP contribution in [0.2, 0.25) is 0 Å². The fourth-order valence-electron chi connectivity index (χ4n) is 1.81. The minimum absolute atomic E-state index is 0.662. The maximum absolute atomic E-state index is 8.94. The molecule has 0 aromatic heterocycles. The lowest BCUT2D eigenvalue weighted by Crippen LogP contribution is -2.13. The van der Waals surface area contributed by atoms with E-state index in [0.717, 1.165) is 26.7 Å². The van der Waals surface area contributed by atoms with Crippen molar-refractivity contribution in [2.75, 3.05) is 7.11 Å². The van der Waals surface area contributed by atoms with Crippen LogP contribution in [-0.2, 0) is 0 Å². The first-order valence-corrected chi connectivity index (χ1v) is 5.73. The van der Waals surface area contributed by atoms with E-state index in [1.165, 1.54) is 0 Å². The Morgan fingerprint density at radius 1 is 1.25 bits per heavy atom. The van der Waals surface area contributed by atoms with Crippen LogP contribution in [-0.4, -0.2) is 7.11 Å². The largest absolute Gasteiger partial charge is 0.496 e. The molecule has 0 aliphatic rings. The first-order chi connectivity index (χ1) is 7.45. The van der Waals surface area contributed by atoms with Crippen molar-refractivity contribution in [2.45, 2.75) is 26.8 Å². The van der Waals surface area contributed by atoms with Gasteiger partial charge in [-0.3, -0.25) is 0 Å². The summed E-state index contributed by atoms with van der Waals surface area (Å²) in [6, 6.07) is 1.39. The summed E-state index contributed by atoms with van der Waals surface area (Å²) in [7, 11) is 1.60. The van der Waals surface area contributed by atoms with E-state index >= 15 is 0 Å². The van der Waals surface area contributed by atoms with Crippen LogP contribution in [0.25, 0.3) is 0 Å². The summed E-state index contributed by atoms with van der Waals surface area (Å²) in [5.41, 5.74) is 9.66. The monoisotopic (exact) mass is 282 g/mol. The molecule has 1 atom stereocenters. The van der Waals surface area contributed by atoms with Gasteiger partial charge < -0.3 is 10.5 Å². The standard InChI is InChI=1S/C12H15BrN2O/c1-6-7(2)12(16-4)10(9(15)5-14)8(3)11(6)13/h9H,15H2,1-4H3. The summed E-state index contributed by atoms with van der Waals surface area (Å²) < 4.78 is 6.36. The van der Waals surface area contributed by atoms with Gasteiger partial charge >= 0.3 is 0 Å². The molecule has 0 amide bonds. The minimum atomic E-state index is -0.662. The van der Waals surface area contributed by atoms with Gasteiger partial charge in [0, 0.05) is 10.0 Å². The molecule has 0 bridgehead atoms. The number of benzene rings is 1. The highest BCUT2D eigenvalue weighted by atomic mass is 79.9. The van der Waals surface area contributed by atoms with Crippen LogP contribution >= 0.6 is 15.9 Å². The van der Waals surface area contributed by atoms with Crippen molar-refractivity contribution in [2.24, 2.45) is 5.73 Å². The molecule has 0 fully saturated rings. The molecule has 1 unspecified atom stereocenters. The summed E-state index contributed by atoms with van der Waals surface area (Å²) in [4.78, 5) is 0. The number of nitrogens with zero attached hydrogens (tertiary/aromatic N) is 1. The zero-order chi connectivity index (χ0) is 12.5. The molecular formula is C12H15BrN2O. The van der Waals surface area contributed by atoms with Crippen LogP contribution in [0.4, 0.5) is 0 Å². The van der Waals surface area contributed by atoms with Gasteiger partial charge in [0.15, 0.2) is 0 Å². The second kappa shape index (κ2) is 4.86. The summed E-state index contributed by atoms with van der Waals surface area (Å²) in [5.74, 6) is 0.715. The Balaban J connectivity index is 3.65. The van der Waals surface area contributed by atoms with Crippen molar-refractivity contribution in [3.63, 3.8) is 0 Å². The molecule has 0 aliphatic carbocycles. The summed E-state index contributed by atoms with van der Waals surface area (Å²) in [6.07, 6.45) is 0. The van der Waals surface area contributed by atoms with Gasteiger partial charge in [0.25, 0.3) is 0 Å². The molecule has 86 valence electrons. The Morgan fingerprint density at radius 3 is 2.25 bits per heavy atom. The normalized spacial score (nSPS) is 12.1. The van der Waals surface area contributed by atoms with Gasteiger partial charge in [-0.25, -0.2) is 0 Å². The van der Waals surface area contributed by atoms with Crippen LogP contribution < -0.4 is 10.5 Å². The highest BCUT2D eigenvalue weighted by molar-refractivity contribution is 9.10. The van der Waals surface area contributed by atoms with Crippen LogP contribution in [0.15, 0.2) is 4.47 Å². The molecule has 0 heterocycles. The molecule has 1 aromatic rings. The minimum Gasteiger partial charge on any atom is -0.496 e. The SMILES string of the molecule is COc1c(C)c(C)c(Br)c(C)c1C(N)C#N.